The van der Waals surface area contributed by atoms with E-state index in [0.717, 1.165) is 22.7 Å². The molecule has 1 unspecified atom stereocenters. The average molecular weight is 314 g/mol. The summed E-state index contributed by atoms with van der Waals surface area (Å²) in [5, 5.41) is 2.97. The topological polar surface area (TPSA) is 60.3 Å². The highest BCUT2D eigenvalue weighted by Gasteiger charge is 2.12. The lowest BCUT2D eigenvalue weighted by Crippen LogP contribution is -2.31. The molecule has 0 aliphatic rings. The molecular formula is C18H22N2O3. The summed E-state index contributed by atoms with van der Waals surface area (Å²) >= 11 is 0. The number of benzene rings is 1. The van der Waals surface area contributed by atoms with Crippen LogP contribution in [0.3, 0.4) is 0 Å². The van der Waals surface area contributed by atoms with Crippen molar-refractivity contribution >= 4 is 5.91 Å². The van der Waals surface area contributed by atoms with Gasteiger partial charge in [0, 0.05) is 23.5 Å². The SMILES string of the molecule is COc1ccc(C(C)NC(=O)Cn2c(C)cc(=O)cc2C)cc1. The fourth-order valence-corrected chi connectivity index (χ4v) is 2.54. The van der Waals surface area contributed by atoms with Crippen LogP contribution in [-0.4, -0.2) is 17.6 Å². The van der Waals surface area contributed by atoms with Crippen LogP contribution in [0.15, 0.2) is 41.2 Å². The molecule has 0 aliphatic heterocycles. The zero-order valence-corrected chi connectivity index (χ0v) is 13.9. The molecular weight excluding hydrogens is 292 g/mol. The van der Waals surface area contributed by atoms with Gasteiger partial charge in [-0.1, -0.05) is 12.1 Å². The number of nitrogens with one attached hydrogen (secondary N) is 1. The molecule has 0 radical (unpaired) electrons. The number of aryl methyl sites for hydroxylation is 2. The summed E-state index contributed by atoms with van der Waals surface area (Å²) in [5.74, 6) is 0.690. The lowest BCUT2D eigenvalue weighted by Gasteiger charge is -2.18. The highest BCUT2D eigenvalue weighted by atomic mass is 16.5. The normalized spacial score (nSPS) is 11.8. The van der Waals surface area contributed by atoms with Crippen molar-refractivity contribution in [3.05, 3.63) is 63.6 Å². The van der Waals surface area contributed by atoms with Gasteiger partial charge in [0.2, 0.25) is 5.91 Å². The van der Waals surface area contributed by atoms with Crippen molar-refractivity contribution in [3.63, 3.8) is 0 Å². The number of pyridine rings is 1. The molecule has 1 N–H and O–H groups in total. The fraction of sp³-hybridized carbons (Fsp3) is 0.333. The van der Waals surface area contributed by atoms with Crippen molar-refractivity contribution in [1.29, 1.82) is 0 Å². The molecule has 2 rings (SSSR count). The Morgan fingerprint density at radius 3 is 2.26 bits per heavy atom. The van der Waals surface area contributed by atoms with Crippen LogP contribution in [0, 0.1) is 13.8 Å². The summed E-state index contributed by atoms with van der Waals surface area (Å²) in [5.41, 5.74) is 2.53. The number of methoxy groups -OCH3 is 1. The quantitative estimate of drug-likeness (QED) is 0.921. The molecule has 0 fully saturated rings. The van der Waals surface area contributed by atoms with Gasteiger partial charge in [-0.25, -0.2) is 0 Å². The Morgan fingerprint density at radius 1 is 1.17 bits per heavy atom. The molecule has 0 aliphatic carbocycles. The molecule has 0 bridgehead atoms. The minimum absolute atomic E-state index is 0.0386. The Labute approximate surface area is 135 Å². The third-order valence-corrected chi connectivity index (χ3v) is 3.85. The number of aromatic nitrogens is 1. The smallest absolute Gasteiger partial charge is 0.240 e. The zero-order chi connectivity index (χ0) is 17.0. The summed E-state index contributed by atoms with van der Waals surface area (Å²) in [6, 6.07) is 10.6. The van der Waals surface area contributed by atoms with Crippen LogP contribution in [0.5, 0.6) is 5.75 Å². The lowest BCUT2D eigenvalue weighted by molar-refractivity contribution is -0.122. The van der Waals surface area contributed by atoms with Gasteiger partial charge in [-0.05, 0) is 38.5 Å². The molecule has 1 aromatic carbocycles. The summed E-state index contributed by atoms with van der Waals surface area (Å²) in [7, 11) is 1.62. The number of carbonyl (C=O) groups excluding carboxylic acids is 1. The molecule has 0 saturated carbocycles. The first-order valence-electron chi connectivity index (χ1n) is 7.52. The minimum Gasteiger partial charge on any atom is -0.497 e. The minimum atomic E-state index is -0.103. The molecule has 0 saturated heterocycles. The Balaban J connectivity index is 2.05. The number of amides is 1. The van der Waals surface area contributed by atoms with E-state index < -0.39 is 0 Å². The van der Waals surface area contributed by atoms with Gasteiger partial charge in [0.05, 0.1) is 13.2 Å². The largest absolute Gasteiger partial charge is 0.497 e. The van der Waals surface area contributed by atoms with Crippen LogP contribution < -0.4 is 15.5 Å². The highest BCUT2D eigenvalue weighted by Crippen LogP contribution is 2.17. The van der Waals surface area contributed by atoms with E-state index in [4.69, 9.17) is 4.74 Å². The van der Waals surface area contributed by atoms with E-state index in [1.54, 1.807) is 7.11 Å². The molecule has 5 nitrogen and oxygen atoms in total. The van der Waals surface area contributed by atoms with E-state index >= 15 is 0 Å². The number of nitrogens with zero attached hydrogens (tertiary/aromatic N) is 1. The summed E-state index contributed by atoms with van der Waals surface area (Å²) < 4.78 is 6.96. The van der Waals surface area contributed by atoms with Gasteiger partial charge in [-0.15, -0.1) is 0 Å². The van der Waals surface area contributed by atoms with Crippen molar-refractivity contribution < 1.29 is 9.53 Å². The van der Waals surface area contributed by atoms with Gasteiger partial charge in [0.1, 0.15) is 12.3 Å². The van der Waals surface area contributed by atoms with E-state index in [2.05, 4.69) is 5.32 Å². The predicted octanol–water partition coefficient (Wildman–Crippen LogP) is 2.35. The Bertz CT molecular complexity index is 722. The van der Waals surface area contributed by atoms with Gasteiger partial charge >= 0.3 is 0 Å². The van der Waals surface area contributed by atoms with E-state index in [1.165, 1.54) is 12.1 Å². The second-order valence-corrected chi connectivity index (χ2v) is 5.62. The van der Waals surface area contributed by atoms with E-state index in [1.807, 2.05) is 49.6 Å². The summed E-state index contributed by atoms with van der Waals surface area (Å²) in [6.07, 6.45) is 0. The number of rotatable bonds is 5. The predicted molar refractivity (Wildman–Crippen MR) is 89.7 cm³/mol. The van der Waals surface area contributed by atoms with Gasteiger partial charge in [0.25, 0.3) is 0 Å². The van der Waals surface area contributed by atoms with Gasteiger partial charge < -0.3 is 14.6 Å². The Morgan fingerprint density at radius 2 is 1.74 bits per heavy atom. The van der Waals surface area contributed by atoms with Gasteiger partial charge in [-0.3, -0.25) is 9.59 Å². The average Bonchev–Trinajstić information content (AvgIpc) is 2.51. The van der Waals surface area contributed by atoms with Crippen molar-refractivity contribution in [2.24, 2.45) is 0 Å². The number of hydrogen-bond donors (Lipinski definition) is 1. The molecule has 23 heavy (non-hydrogen) atoms. The fourth-order valence-electron chi connectivity index (χ4n) is 2.54. The van der Waals surface area contributed by atoms with Crippen molar-refractivity contribution in [3.8, 4) is 5.75 Å². The number of carbonyl (C=O) groups is 1. The second kappa shape index (κ2) is 7.13. The summed E-state index contributed by atoms with van der Waals surface area (Å²) in [4.78, 5) is 23.7. The van der Waals surface area contributed by atoms with Gasteiger partial charge in [0.15, 0.2) is 5.43 Å². The van der Waals surface area contributed by atoms with Crippen LogP contribution in [0.25, 0.3) is 0 Å². The van der Waals surface area contributed by atoms with Crippen molar-refractivity contribution in [2.45, 2.75) is 33.4 Å². The second-order valence-electron chi connectivity index (χ2n) is 5.62. The highest BCUT2D eigenvalue weighted by molar-refractivity contribution is 5.76. The first-order chi connectivity index (χ1) is 10.9. The van der Waals surface area contributed by atoms with Gasteiger partial charge in [-0.2, -0.15) is 0 Å². The number of ether oxygens (including phenoxy) is 1. The van der Waals surface area contributed by atoms with Crippen LogP contribution in [-0.2, 0) is 11.3 Å². The van der Waals surface area contributed by atoms with Crippen molar-refractivity contribution in [2.75, 3.05) is 7.11 Å². The third kappa shape index (κ3) is 4.22. The monoisotopic (exact) mass is 314 g/mol. The zero-order valence-electron chi connectivity index (χ0n) is 13.9. The summed E-state index contributed by atoms with van der Waals surface area (Å²) in [6.45, 7) is 5.78. The van der Waals surface area contributed by atoms with Crippen molar-refractivity contribution in [1.82, 2.24) is 9.88 Å². The first-order valence-corrected chi connectivity index (χ1v) is 7.52. The first kappa shape index (κ1) is 16.8. The maximum Gasteiger partial charge on any atom is 0.240 e. The molecule has 1 aromatic heterocycles. The van der Waals surface area contributed by atoms with E-state index in [0.29, 0.717) is 0 Å². The van der Waals surface area contributed by atoms with Crippen LogP contribution >= 0.6 is 0 Å². The standard InChI is InChI=1S/C18H22N2O3/c1-12-9-16(21)10-13(2)20(12)11-18(22)19-14(3)15-5-7-17(23-4)8-6-15/h5-10,14H,11H2,1-4H3,(H,19,22). The molecule has 2 aromatic rings. The molecule has 1 heterocycles. The van der Waals surface area contributed by atoms with E-state index in [9.17, 15) is 9.59 Å². The van der Waals surface area contributed by atoms with Crippen LogP contribution in [0.2, 0.25) is 0 Å². The molecule has 1 amide bonds. The third-order valence-electron chi connectivity index (χ3n) is 3.85. The van der Waals surface area contributed by atoms with E-state index in [-0.39, 0.29) is 23.9 Å². The number of hydrogen-bond acceptors (Lipinski definition) is 3. The van der Waals surface area contributed by atoms with Crippen LogP contribution in [0.1, 0.15) is 29.9 Å². The molecule has 122 valence electrons. The maximum atomic E-state index is 12.3. The van der Waals surface area contributed by atoms with Crippen LogP contribution in [0.4, 0.5) is 0 Å². The molecule has 1 atom stereocenters. The lowest BCUT2D eigenvalue weighted by atomic mass is 10.1. The Hall–Kier alpha value is -2.56. The molecule has 5 heteroatoms. The maximum absolute atomic E-state index is 12.3. The molecule has 0 spiro atoms. The Kier molecular flexibility index (Phi) is 5.21.